The molecule has 0 aromatic carbocycles. The summed E-state index contributed by atoms with van der Waals surface area (Å²) in [6, 6.07) is -0.0179. The summed E-state index contributed by atoms with van der Waals surface area (Å²) in [5, 5.41) is 1.88. The molecule has 2 atom stereocenters. The Bertz CT molecular complexity index is 387. The van der Waals surface area contributed by atoms with Crippen molar-refractivity contribution in [1.29, 1.82) is 0 Å². The molecule has 6 heteroatoms. The Balaban J connectivity index is 2.50. The van der Waals surface area contributed by atoms with Crippen LogP contribution in [0.3, 0.4) is 0 Å². The molecule has 5 nitrogen and oxygen atoms in total. The SMILES string of the molecule is CC(N)CCS(=O)(=O)C(C)C(=O)NC1CCCCC1. The maximum atomic E-state index is 12.0. The van der Waals surface area contributed by atoms with Crippen LogP contribution in [0.5, 0.6) is 0 Å². The fourth-order valence-electron chi connectivity index (χ4n) is 2.26. The van der Waals surface area contributed by atoms with Gasteiger partial charge in [-0.05, 0) is 33.1 Å². The number of nitrogens with one attached hydrogen (secondary N) is 1. The maximum Gasteiger partial charge on any atom is 0.238 e. The van der Waals surface area contributed by atoms with Gasteiger partial charge in [0, 0.05) is 12.1 Å². The number of nitrogens with two attached hydrogens (primary N) is 1. The van der Waals surface area contributed by atoms with Crippen molar-refractivity contribution in [2.45, 2.75) is 69.7 Å². The van der Waals surface area contributed by atoms with Crippen molar-refractivity contribution in [3.63, 3.8) is 0 Å². The minimum absolute atomic E-state index is 0.0239. The van der Waals surface area contributed by atoms with Gasteiger partial charge in [-0.25, -0.2) is 8.42 Å². The van der Waals surface area contributed by atoms with Gasteiger partial charge in [-0.15, -0.1) is 0 Å². The third-order valence-corrected chi connectivity index (χ3v) is 5.81. The van der Waals surface area contributed by atoms with Gasteiger partial charge < -0.3 is 11.1 Å². The Kier molecular flexibility index (Phi) is 6.26. The lowest BCUT2D eigenvalue weighted by molar-refractivity contribution is -0.121. The second kappa shape index (κ2) is 7.24. The van der Waals surface area contributed by atoms with Crippen LogP contribution in [0.4, 0.5) is 0 Å². The van der Waals surface area contributed by atoms with E-state index in [1.165, 1.54) is 13.3 Å². The van der Waals surface area contributed by atoms with E-state index >= 15 is 0 Å². The van der Waals surface area contributed by atoms with E-state index in [1.807, 2.05) is 0 Å². The molecular formula is C13H26N2O3S. The van der Waals surface area contributed by atoms with Gasteiger partial charge in [-0.2, -0.15) is 0 Å². The van der Waals surface area contributed by atoms with Crippen LogP contribution in [-0.4, -0.2) is 37.4 Å². The van der Waals surface area contributed by atoms with Crippen molar-refractivity contribution in [3.8, 4) is 0 Å². The van der Waals surface area contributed by atoms with Crippen LogP contribution in [0.2, 0.25) is 0 Å². The van der Waals surface area contributed by atoms with Gasteiger partial charge in [-0.1, -0.05) is 19.3 Å². The molecule has 112 valence electrons. The summed E-state index contributed by atoms with van der Waals surface area (Å²) in [4.78, 5) is 12.0. The Morgan fingerprint density at radius 1 is 1.26 bits per heavy atom. The highest BCUT2D eigenvalue weighted by molar-refractivity contribution is 7.92. The quantitative estimate of drug-likeness (QED) is 0.763. The number of rotatable bonds is 6. The van der Waals surface area contributed by atoms with E-state index in [0.717, 1.165) is 25.7 Å². The van der Waals surface area contributed by atoms with Crippen LogP contribution in [0.1, 0.15) is 52.4 Å². The van der Waals surface area contributed by atoms with E-state index in [0.29, 0.717) is 6.42 Å². The summed E-state index contributed by atoms with van der Waals surface area (Å²) in [7, 11) is -3.40. The summed E-state index contributed by atoms with van der Waals surface area (Å²) < 4.78 is 24.0. The Morgan fingerprint density at radius 3 is 2.37 bits per heavy atom. The minimum atomic E-state index is -3.40. The number of carbonyl (C=O) groups is 1. The highest BCUT2D eigenvalue weighted by atomic mass is 32.2. The minimum Gasteiger partial charge on any atom is -0.352 e. The average molecular weight is 290 g/mol. The lowest BCUT2D eigenvalue weighted by Gasteiger charge is -2.24. The van der Waals surface area contributed by atoms with E-state index < -0.39 is 15.1 Å². The third-order valence-electron chi connectivity index (χ3n) is 3.72. The molecule has 3 N–H and O–H groups in total. The fraction of sp³-hybridized carbons (Fsp3) is 0.923. The van der Waals surface area contributed by atoms with Crippen LogP contribution in [0.15, 0.2) is 0 Å². The molecule has 0 radical (unpaired) electrons. The number of carbonyl (C=O) groups excluding carboxylic acids is 1. The van der Waals surface area contributed by atoms with Crippen molar-refractivity contribution in [1.82, 2.24) is 5.32 Å². The van der Waals surface area contributed by atoms with Gasteiger partial charge in [0.25, 0.3) is 0 Å². The lowest BCUT2D eigenvalue weighted by atomic mass is 9.95. The average Bonchev–Trinajstić information content (AvgIpc) is 2.36. The van der Waals surface area contributed by atoms with Crippen molar-refractivity contribution in [2.75, 3.05) is 5.75 Å². The van der Waals surface area contributed by atoms with Gasteiger partial charge in [0.15, 0.2) is 9.84 Å². The summed E-state index contributed by atoms with van der Waals surface area (Å²) in [5.74, 6) is -0.388. The summed E-state index contributed by atoms with van der Waals surface area (Å²) in [6.07, 6.45) is 5.72. The summed E-state index contributed by atoms with van der Waals surface area (Å²) in [6.45, 7) is 3.23. The molecule has 19 heavy (non-hydrogen) atoms. The van der Waals surface area contributed by atoms with Crippen molar-refractivity contribution in [2.24, 2.45) is 5.73 Å². The van der Waals surface area contributed by atoms with Crippen molar-refractivity contribution < 1.29 is 13.2 Å². The molecule has 0 aliphatic heterocycles. The summed E-state index contributed by atoms with van der Waals surface area (Å²) in [5.41, 5.74) is 5.56. The van der Waals surface area contributed by atoms with Gasteiger partial charge in [0.05, 0.1) is 5.75 Å². The zero-order valence-electron chi connectivity index (χ0n) is 11.9. The first-order valence-corrected chi connectivity index (χ1v) is 8.82. The number of amides is 1. The van der Waals surface area contributed by atoms with E-state index in [9.17, 15) is 13.2 Å². The molecule has 1 amide bonds. The second-order valence-electron chi connectivity index (χ2n) is 5.62. The van der Waals surface area contributed by atoms with Gasteiger partial charge in [-0.3, -0.25) is 4.79 Å². The monoisotopic (exact) mass is 290 g/mol. The molecule has 0 spiro atoms. The first kappa shape index (κ1) is 16.4. The second-order valence-corrected chi connectivity index (χ2v) is 8.06. The predicted molar refractivity (Wildman–Crippen MR) is 76.5 cm³/mol. The lowest BCUT2D eigenvalue weighted by Crippen LogP contribution is -2.44. The standard InChI is InChI=1S/C13H26N2O3S/c1-10(14)8-9-19(17,18)11(2)13(16)15-12-6-4-3-5-7-12/h10-12H,3-9,14H2,1-2H3,(H,15,16). The molecule has 1 aliphatic carbocycles. The first-order valence-electron chi connectivity index (χ1n) is 7.10. The van der Waals surface area contributed by atoms with E-state index in [2.05, 4.69) is 5.32 Å². The Morgan fingerprint density at radius 2 is 1.84 bits per heavy atom. The van der Waals surface area contributed by atoms with Crippen LogP contribution < -0.4 is 11.1 Å². The van der Waals surface area contributed by atoms with E-state index in [4.69, 9.17) is 5.73 Å². The molecule has 2 unspecified atom stereocenters. The van der Waals surface area contributed by atoms with E-state index in [1.54, 1.807) is 6.92 Å². The molecule has 0 aromatic heterocycles. The first-order chi connectivity index (χ1) is 8.83. The number of hydrogen-bond acceptors (Lipinski definition) is 4. The molecule has 0 saturated heterocycles. The van der Waals surface area contributed by atoms with Gasteiger partial charge >= 0.3 is 0 Å². The van der Waals surface area contributed by atoms with Crippen LogP contribution in [0, 0.1) is 0 Å². The highest BCUT2D eigenvalue weighted by Crippen LogP contribution is 2.18. The molecule has 0 aromatic rings. The number of sulfone groups is 1. The Hall–Kier alpha value is -0.620. The van der Waals surface area contributed by atoms with Gasteiger partial charge in [0.1, 0.15) is 5.25 Å². The predicted octanol–water partition coefficient (Wildman–Crippen LogP) is 0.976. The summed E-state index contributed by atoms with van der Waals surface area (Å²) >= 11 is 0. The fourth-order valence-corrected chi connectivity index (χ4v) is 3.70. The van der Waals surface area contributed by atoms with E-state index in [-0.39, 0.29) is 23.7 Å². The molecule has 1 saturated carbocycles. The highest BCUT2D eigenvalue weighted by Gasteiger charge is 2.29. The van der Waals surface area contributed by atoms with Crippen LogP contribution in [0.25, 0.3) is 0 Å². The van der Waals surface area contributed by atoms with Crippen LogP contribution in [-0.2, 0) is 14.6 Å². The molecule has 1 aliphatic rings. The molecular weight excluding hydrogens is 264 g/mol. The topological polar surface area (TPSA) is 89.3 Å². The normalized spacial score (nSPS) is 20.8. The van der Waals surface area contributed by atoms with Crippen LogP contribution >= 0.6 is 0 Å². The zero-order chi connectivity index (χ0) is 14.5. The third kappa shape index (κ3) is 5.48. The van der Waals surface area contributed by atoms with Gasteiger partial charge in [0.2, 0.25) is 5.91 Å². The smallest absolute Gasteiger partial charge is 0.238 e. The maximum absolute atomic E-state index is 12.0. The Labute approximate surface area is 116 Å². The molecule has 1 fully saturated rings. The molecule has 0 heterocycles. The molecule has 0 bridgehead atoms. The van der Waals surface area contributed by atoms with Crippen molar-refractivity contribution >= 4 is 15.7 Å². The number of hydrogen-bond donors (Lipinski definition) is 2. The zero-order valence-corrected chi connectivity index (χ0v) is 12.7. The molecule has 1 rings (SSSR count). The van der Waals surface area contributed by atoms with Crippen molar-refractivity contribution in [3.05, 3.63) is 0 Å². The largest absolute Gasteiger partial charge is 0.352 e.